The molecular formula is C13H19FN2. The normalized spacial score (nSPS) is 16.6. The van der Waals surface area contributed by atoms with Gasteiger partial charge in [-0.05, 0) is 37.1 Å². The highest BCUT2D eigenvalue weighted by Crippen LogP contribution is 2.27. The summed E-state index contributed by atoms with van der Waals surface area (Å²) in [6.45, 7) is 1.50. The highest BCUT2D eigenvalue weighted by Gasteiger charge is 2.22. The fraction of sp³-hybridized carbons (Fsp3) is 0.538. The molecule has 88 valence electrons. The zero-order chi connectivity index (χ0) is 11.4. The molecule has 0 spiro atoms. The van der Waals surface area contributed by atoms with Crippen molar-refractivity contribution in [2.45, 2.75) is 31.7 Å². The number of benzene rings is 1. The number of rotatable bonds is 4. The fourth-order valence-electron chi connectivity index (χ4n) is 2.51. The van der Waals surface area contributed by atoms with Crippen LogP contribution in [0.25, 0.3) is 0 Å². The lowest BCUT2D eigenvalue weighted by atomic mass is 10.1. The average Bonchev–Trinajstić information content (AvgIpc) is 2.81. The van der Waals surface area contributed by atoms with Crippen LogP contribution < -0.4 is 10.6 Å². The smallest absolute Gasteiger partial charge is 0.123 e. The van der Waals surface area contributed by atoms with Gasteiger partial charge in [0.1, 0.15) is 5.82 Å². The summed E-state index contributed by atoms with van der Waals surface area (Å²) in [5.41, 5.74) is 6.74. The van der Waals surface area contributed by atoms with E-state index in [4.69, 9.17) is 5.73 Å². The molecule has 0 aliphatic heterocycles. The van der Waals surface area contributed by atoms with Gasteiger partial charge in [-0.15, -0.1) is 0 Å². The van der Waals surface area contributed by atoms with Gasteiger partial charge in [0, 0.05) is 24.8 Å². The molecule has 0 unspecified atom stereocenters. The molecule has 0 radical (unpaired) electrons. The van der Waals surface area contributed by atoms with E-state index in [0.29, 0.717) is 12.6 Å². The molecule has 1 aliphatic carbocycles. The van der Waals surface area contributed by atoms with Gasteiger partial charge in [0.25, 0.3) is 0 Å². The molecule has 0 aromatic heterocycles. The molecule has 0 saturated heterocycles. The first-order chi connectivity index (χ1) is 7.81. The fourth-order valence-corrected chi connectivity index (χ4v) is 2.51. The van der Waals surface area contributed by atoms with Crippen LogP contribution in [-0.2, 0) is 0 Å². The first-order valence-corrected chi connectivity index (χ1v) is 6.03. The molecule has 16 heavy (non-hydrogen) atoms. The van der Waals surface area contributed by atoms with E-state index in [0.717, 1.165) is 12.2 Å². The van der Waals surface area contributed by atoms with Gasteiger partial charge in [-0.3, -0.25) is 0 Å². The first-order valence-electron chi connectivity index (χ1n) is 6.03. The van der Waals surface area contributed by atoms with Gasteiger partial charge in [-0.25, -0.2) is 4.39 Å². The minimum Gasteiger partial charge on any atom is -0.367 e. The predicted molar refractivity (Wildman–Crippen MR) is 65.1 cm³/mol. The van der Waals surface area contributed by atoms with Crippen LogP contribution >= 0.6 is 0 Å². The minimum atomic E-state index is -0.178. The third kappa shape index (κ3) is 2.53. The van der Waals surface area contributed by atoms with Crippen LogP contribution in [0.2, 0.25) is 0 Å². The Morgan fingerprint density at radius 2 is 1.81 bits per heavy atom. The summed E-state index contributed by atoms with van der Waals surface area (Å²) >= 11 is 0. The Hall–Kier alpha value is -1.09. The third-order valence-corrected chi connectivity index (χ3v) is 3.29. The summed E-state index contributed by atoms with van der Waals surface area (Å²) < 4.78 is 12.9. The zero-order valence-electron chi connectivity index (χ0n) is 9.53. The molecule has 2 nitrogen and oxygen atoms in total. The summed E-state index contributed by atoms with van der Waals surface area (Å²) in [4.78, 5) is 2.33. The van der Waals surface area contributed by atoms with Gasteiger partial charge < -0.3 is 10.6 Å². The van der Waals surface area contributed by atoms with Crippen LogP contribution in [0.4, 0.5) is 10.1 Å². The van der Waals surface area contributed by atoms with Gasteiger partial charge in [0.15, 0.2) is 0 Å². The lowest BCUT2D eigenvalue weighted by molar-refractivity contribution is 0.604. The number of nitrogens with zero attached hydrogens (tertiary/aromatic N) is 1. The molecule has 0 heterocycles. The Balaban J connectivity index is 2.14. The maximum atomic E-state index is 12.9. The second-order valence-corrected chi connectivity index (χ2v) is 4.40. The molecule has 2 N–H and O–H groups in total. The van der Waals surface area contributed by atoms with Crippen molar-refractivity contribution in [1.29, 1.82) is 0 Å². The number of halogens is 1. The minimum absolute atomic E-state index is 0.178. The summed E-state index contributed by atoms with van der Waals surface area (Å²) in [6, 6.07) is 7.34. The Morgan fingerprint density at radius 3 is 2.38 bits per heavy atom. The van der Waals surface area contributed by atoms with E-state index < -0.39 is 0 Å². The lowest BCUT2D eigenvalue weighted by Gasteiger charge is -2.30. The van der Waals surface area contributed by atoms with Crippen LogP contribution in [-0.4, -0.2) is 19.1 Å². The van der Waals surface area contributed by atoms with Crippen molar-refractivity contribution in [3.05, 3.63) is 30.1 Å². The van der Waals surface area contributed by atoms with Crippen molar-refractivity contribution in [2.75, 3.05) is 18.0 Å². The standard InChI is InChI=1S/C13H19FN2/c14-11-5-7-13(8-6-11)16(10-9-15)12-3-1-2-4-12/h5-8,12H,1-4,9-10,15H2. The van der Waals surface area contributed by atoms with E-state index in [1.165, 1.54) is 37.8 Å². The Kier molecular flexibility index (Phi) is 3.78. The summed E-state index contributed by atoms with van der Waals surface area (Å²) in [5.74, 6) is -0.178. The van der Waals surface area contributed by atoms with E-state index in [9.17, 15) is 4.39 Å². The molecule has 1 aliphatic rings. The van der Waals surface area contributed by atoms with Crippen LogP contribution in [0.15, 0.2) is 24.3 Å². The first kappa shape index (κ1) is 11.4. The number of nitrogens with two attached hydrogens (primary N) is 1. The Bertz CT molecular complexity index is 317. The average molecular weight is 222 g/mol. The maximum Gasteiger partial charge on any atom is 0.123 e. The maximum absolute atomic E-state index is 12.9. The highest BCUT2D eigenvalue weighted by atomic mass is 19.1. The molecule has 1 aromatic carbocycles. The number of hydrogen-bond donors (Lipinski definition) is 1. The number of hydrogen-bond acceptors (Lipinski definition) is 2. The third-order valence-electron chi connectivity index (χ3n) is 3.29. The lowest BCUT2D eigenvalue weighted by Crippen LogP contribution is -2.37. The van der Waals surface area contributed by atoms with Crippen molar-refractivity contribution in [3.8, 4) is 0 Å². The second-order valence-electron chi connectivity index (χ2n) is 4.40. The van der Waals surface area contributed by atoms with Crippen LogP contribution in [0.3, 0.4) is 0 Å². The van der Waals surface area contributed by atoms with Crippen molar-refractivity contribution in [2.24, 2.45) is 5.73 Å². The zero-order valence-corrected chi connectivity index (χ0v) is 9.53. The van der Waals surface area contributed by atoms with Gasteiger partial charge in [0.05, 0.1) is 0 Å². The van der Waals surface area contributed by atoms with E-state index in [2.05, 4.69) is 4.90 Å². The number of anilines is 1. The SMILES string of the molecule is NCCN(c1ccc(F)cc1)C1CCCC1. The highest BCUT2D eigenvalue weighted by molar-refractivity contribution is 5.47. The quantitative estimate of drug-likeness (QED) is 0.848. The molecule has 0 amide bonds. The van der Waals surface area contributed by atoms with Gasteiger partial charge in [0.2, 0.25) is 0 Å². The van der Waals surface area contributed by atoms with Crippen LogP contribution in [0, 0.1) is 5.82 Å². The molecule has 0 bridgehead atoms. The predicted octanol–water partition coefficient (Wildman–Crippen LogP) is 2.53. The summed E-state index contributed by atoms with van der Waals surface area (Å²) in [5, 5.41) is 0. The summed E-state index contributed by atoms with van der Waals surface area (Å²) in [6.07, 6.45) is 5.06. The molecule has 1 aromatic rings. The monoisotopic (exact) mass is 222 g/mol. The second kappa shape index (κ2) is 5.30. The van der Waals surface area contributed by atoms with E-state index in [1.807, 2.05) is 12.1 Å². The van der Waals surface area contributed by atoms with Crippen molar-refractivity contribution in [1.82, 2.24) is 0 Å². The van der Waals surface area contributed by atoms with E-state index in [-0.39, 0.29) is 5.82 Å². The van der Waals surface area contributed by atoms with E-state index >= 15 is 0 Å². The Labute approximate surface area is 96.2 Å². The van der Waals surface area contributed by atoms with Crippen molar-refractivity contribution >= 4 is 5.69 Å². The molecule has 1 fully saturated rings. The molecular weight excluding hydrogens is 203 g/mol. The molecule has 1 saturated carbocycles. The summed E-state index contributed by atoms with van der Waals surface area (Å²) in [7, 11) is 0. The van der Waals surface area contributed by atoms with Crippen LogP contribution in [0.1, 0.15) is 25.7 Å². The van der Waals surface area contributed by atoms with Crippen molar-refractivity contribution in [3.63, 3.8) is 0 Å². The molecule has 3 heteroatoms. The van der Waals surface area contributed by atoms with Crippen molar-refractivity contribution < 1.29 is 4.39 Å². The molecule has 0 atom stereocenters. The van der Waals surface area contributed by atoms with E-state index in [1.54, 1.807) is 0 Å². The Morgan fingerprint density at radius 1 is 1.19 bits per heavy atom. The molecule has 2 rings (SSSR count). The van der Waals surface area contributed by atoms with Gasteiger partial charge in [-0.2, -0.15) is 0 Å². The topological polar surface area (TPSA) is 29.3 Å². The largest absolute Gasteiger partial charge is 0.367 e. The van der Waals surface area contributed by atoms with Gasteiger partial charge >= 0.3 is 0 Å². The van der Waals surface area contributed by atoms with Gasteiger partial charge in [-0.1, -0.05) is 12.8 Å². The van der Waals surface area contributed by atoms with Crippen LogP contribution in [0.5, 0.6) is 0 Å².